The number of hydrogen-bond donors (Lipinski definition) is 6. The summed E-state index contributed by atoms with van der Waals surface area (Å²) in [4.78, 5) is 58.2. The van der Waals surface area contributed by atoms with E-state index in [0.29, 0.717) is 38.5 Å². The molecule has 640 valence electrons. The molecule has 0 aliphatic carbocycles. The molecule has 0 bridgehead atoms. The van der Waals surface area contributed by atoms with Crippen LogP contribution < -0.4 is 0 Å². The van der Waals surface area contributed by atoms with Crippen molar-refractivity contribution in [1.29, 1.82) is 0 Å². The third kappa shape index (κ3) is 96.2. The number of rotatable bonds is 78. The minimum Gasteiger partial charge on any atom is -0.302 e. The van der Waals surface area contributed by atoms with Crippen LogP contribution >= 0.6 is 46.9 Å². The standard InChI is InChI=1S/3C26H56O7P2.Zr/c3*1-25(2)21-17-13-9-5-7-11-15-19-23-31-34(27,28)33-35(29,30)32-24-20-16-12-8-6-10-14-18-22-26(3)4;/h3*25-26H,5-24H2,1-4H3,(H,27,28)(H,29,30);. The summed E-state index contributed by atoms with van der Waals surface area (Å²) in [6.07, 6.45) is 60.2. The van der Waals surface area contributed by atoms with Crippen LogP contribution in [-0.2, 0) is 93.7 Å². The van der Waals surface area contributed by atoms with Crippen LogP contribution in [0.15, 0.2) is 0 Å². The first-order chi connectivity index (χ1) is 49.6. The van der Waals surface area contributed by atoms with Gasteiger partial charge in [-0.2, -0.15) is 12.9 Å². The van der Waals surface area contributed by atoms with Crippen LogP contribution in [0.2, 0.25) is 0 Å². The van der Waals surface area contributed by atoms with E-state index in [1.165, 1.54) is 193 Å². The molecule has 0 amide bonds. The fourth-order valence-electron chi connectivity index (χ4n) is 11.9. The van der Waals surface area contributed by atoms with Crippen LogP contribution in [-0.4, -0.2) is 69.0 Å². The fraction of sp³-hybridized carbons (Fsp3) is 1.00. The molecular formula is C78H168O21P6Zr. The maximum absolute atomic E-state index is 11.9. The monoisotopic (exact) mass is 1720 g/mol. The van der Waals surface area contributed by atoms with Crippen LogP contribution in [0.3, 0.4) is 0 Å². The maximum Gasteiger partial charge on any atom is 0.481 e. The van der Waals surface area contributed by atoms with Gasteiger partial charge in [0.2, 0.25) is 0 Å². The minimum atomic E-state index is -4.62. The molecule has 0 radical (unpaired) electrons. The van der Waals surface area contributed by atoms with Gasteiger partial charge in [-0.3, -0.25) is 27.1 Å². The largest absolute Gasteiger partial charge is 0.481 e. The van der Waals surface area contributed by atoms with Gasteiger partial charge in [0, 0.05) is 26.2 Å². The van der Waals surface area contributed by atoms with Gasteiger partial charge in [-0.15, -0.1) is 0 Å². The Morgan fingerprint density at radius 1 is 0.170 bits per heavy atom. The Kier molecular flexibility index (Phi) is 82.4. The van der Waals surface area contributed by atoms with Crippen molar-refractivity contribution < 1.29 is 123 Å². The van der Waals surface area contributed by atoms with Crippen LogP contribution in [0.1, 0.15) is 430 Å². The molecular weight excluding hydrogens is 1550 g/mol. The summed E-state index contributed by atoms with van der Waals surface area (Å²) in [6.45, 7) is 27.1. The third-order valence-corrected chi connectivity index (χ3v) is 26.2. The number of phosphoric acid groups is 6. The summed E-state index contributed by atoms with van der Waals surface area (Å²) in [7, 11) is -27.7. The molecule has 28 heteroatoms. The molecule has 0 rings (SSSR count). The van der Waals surface area contributed by atoms with Crippen molar-refractivity contribution in [3.8, 4) is 0 Å². The van der Waals surface area contributed by atoms with Crippen molar-refractivity contribution in [2.75, 3.05) is 39.6 Å². The van der Waals surface area contributed by atoms with Gasteiger partial charge in [0.05, 0.1) is 39.6 Å². The smallest absolute Gasteiger partial charge is 0.302 e. The van der Waals surface area contributed by atoms with E-state index in [9.17, 15) is 56.8 Å². The van der Waals surface area contributed by atoms with Crippen molar-refractivity contribution in [2.24, 2.45) is 35.5 Å². The summed E-state index contributed by atoms with van der Waals surface area (Å²) in [5.41, 5.74) is 0. The van der Waals surface area contributed by atoms with E-state index in [2.05, 4.69) is 96.0 Å². The number of phosphoric ester groups is 6. The van der Waals surface area contributed by atoms with E-state index in [-0.39, 0.29) is 65.8 Å². The molecule has 106 heavy (non-hydrogen) atoms. The average Bonchev–Trinajstić information content (AvgIpc) is 0.886. The molecule has 0 aliphatic rings. The topological polar surface area (TPSA) is 307 Å². The van der Waals surface area contributed by atoms with Gasteiger partial charge in [0.1, 0.15) is 0 Å². The van der Waals surface area contributed by atoms with Crippen molar-refractivity contribution in [1.82, 2.24) is 0 Å². The van der Waals surface area contributed by atoms with E-state index < -0.39 is 46.9 Å². The van der Waals surface area contributed by atoms with Gasteiger partial charge < -0.3 is 29.4 Å². The predicted octanol–water partition coefficient (Wildman–Crippen LogP) is 28.7. The second kappa shape index (κ2) is 76.6. The molecule has 0 aromatic carbocycles. The van der Waals surface area contributed by atoms with Crippen LogP contribution in [0.25, 0.3) is 0 Å². The minimum absolute atomic E-state index is 0. The quantitative estimate of drug-likeness (QED) is 0.0243. The molecule has 0 spiro atoms. The van der Waals surface area contributed by atoms with Gasteiger partial charge in [-0.05, 0) is 74.0 Å². The first-order valence-electron chi connectivity index (χ1n) is 42.6. The Hall–Kier alpha value is 1.66. The number of unbranched alkanes of at least 4 members (excludes halogenated alkanes) is 42. The Labute approximate surface area is 670 Å². The first kappa shape index (κ1) is 114. The summed E-state index contributed by atoms with van der Waals surface area (Å²) in [6, 6.07) is 0. The molecule has 0 aromatic rings. The molecule has 0 saturated carbocycles. The van der Waals surface area contributed by atoms with Gasteiger partial charge >= 0.3 is 46.9 Å². The molecule has 0 heterocycles. The fourth-order valence-corrected chi connectivity index (χ4v) is 18.3. The molecule has 6 atom stereocenters. The SMILES string of the molecule is CC(C)CCCCCCCCCCOP(=O)(O)OP(=O)(O)OCCCCCCCCCCC(C)C.CC(C)CCCCCCCCCCOP(=O)(O)OP(=O)(O)OCCCCCCCCCCC(C)C.CC(C)CCCCCCCCCCOP(=O)(O)OP(=O)(O)OCCCCCCCCCCC(C)C.[Zr]. The van der Waals surface area contributed by atoms with E-state index in [1.807, 2.05) is 0 Å². The Morgan fingerprint density at radius 3 is 0.349 bits per heavy atom. The van der Waals surface area contributed by atoms with Crippen molar-refractivity contribution in [3.63, 3.8) is 0 Å². The predicted molar refractivity (Wildman–Crippen MR) is 436 cm³/mol. The van der Waals surface area contributed by atoms with Crippen LogP contribution in [0.4, 0.5) is 0 Å². The number of hydrogen-bond acceptors (Lipinski definition) is 15. The van der Waals surface area contributed by atoms with Gasteiger partial charge in [-0.1, -0.05) is 391 Å². The summed E-state index contributed by atoms with van der Waals surface area (Å²) in [5, 5.41) is 0. The molecule has 0 aliphatic heterocycles. The summed E-state index contributed by atoms with van der Waals surface area (Å²) >= 11 is 0. The zero-order chi connectivity index (χ0) is 79.3. The zero-order valence-electron chi connectivity index (χ0n) is 69.9. The Bertz CT molecular complexity index is 1810. The summed E-state index contributed by atoms with van der Waals surface area (Å²) in [5.74, 6) is 4.68. The van der Waals surface area contributed by atoms with E-state index in [4.69, 9.17) is 27.1 Å². The first-order valence-corrected chi connectivity index (χ1v) is 51.6. The van der Waals surface area contributed by atoms with E-state index >= 15 is 0 Å². The molecule has 6 unspecified atom stereocenters. The Morgan fingerprint density at radius 2 is 0.255 bits per heavy atom. The van der Waals surface area contributed by atoms with Gasteiger partial charge in [0.25, 0.3) is 0 Å². The summed E-state index contributed by atoms with van der Waals surface area (Å²) < 4.78 is 114. The third-order valence-electron chi connectivity index (χ3n) is 18.2. The van der Waals surface area contributed by atoms with Crippen LogP contribution in [0.5, 0.6) is 0 Å². The van der Waals surface area contributed by atoms with E-state index in [0.717, 1.165) is 151 Å². The molecule has 6 N–H and O–H groups in total. The van der Waals surface area contributed by atoms with Crippen molar-refractivity contribution in [2.45, 2.75) is 430 Å². The van der Waals surface area contributed by atoms with Crippen molar-refractivity contribution in [3.05, 3.63) is 0 Å². The molecule has 0 fully saturated rings. The molecule has 21 nitrogen and oxygen atoms in total. The normalized spacial score (nSPS) is 15.4. The molecule has 0 aromatic heterocycles. The average molecular weight is 1720 g/mol. The van der Waals surface area contributed by atoms with E-state index in [1.54, 1.807) is 0 Å². The molecule has 0 saturated heterocycles. The van der Waals surface area contributed by atoms with Crippen molar-refractivity contribution >= 4 is 46.9 Å². The van der Waals surface area contributed by atoms with Gasteiger partial charge in [-0.25, -0.2) is 27.4 Å². The second-order valence-corrected chi connectivity index (χ2v) is 41.3. The van der Waals surface area contributed by atoms with Crippen LogP contribution in [0, 0.1) is 35.5 Å². The maximum atomic E-state index is 11.9. The Balaban J connectivity index is -0.000000733. The second-order valence-electron chi connectivity index (χ2n) is 32.1. The zero-order valence-corrected chi connectivity index (χ0v) is 77.7. The van der Waals surface area contributed by atoms with Gasteiger partial charge in [0.15, 0.2) is 0 Å².